The Balaban J connectivity index is 1.95. The Bertz CT molecular complexity index is 287. The van der Waals surface area contributed by atoms with Gasteiger partial charge in [0, 0.05) is 13.2 Å². The van der Waals surface area contributed by atoms with E-state index in [0.29, 0.717) is 23.5 Å². The van der Waals surface area contributed by atoms with E-state index in [1.807, 2.05) is 0 Å². The maximum atomic E-state index is 11.5. The lowest BCUT2D eigenvalue weighted by Gasteiger charge is -2.28. The molecule has 6 atom stereocenters. The fourth-order valence-electron chi connectivity index (χ4n) is 3.84. The molecular weight excluding hydrogens is 124 g/mol. The van der Waals surface area contributed by atoms with Crippen LogP contribution in [0, 0.1) is 35.5 Å². The fourth-order valence-corrected chi connectivity index (χ4v) is 3.84. The molecule has 5 aliphatic rings. The molecule has 5 aliphatic carbocycles. The molecule has 0 aliphatic heterocycles. The third kappa shape index (κ3) is 0.240. The molecule has 0 unspecified atom stereocenters. The molecule has 5 saturated carbocycles. The minimum atomic E-state index is -0.214. The summed E-state index contributed by atoms with van der Waals surface area (Å²) in [7, 11) is 0. The van der Waals surface area contributed by atoms with E-state index < -0.39 is 0 Å². The molecular formula is C9H10O. The Morgan fingerprint density at radius 2 is 2.20 bits per heavy atom. The summed E-state index contributed by atoms with van der Waals surface area (Å²) in [4.78, 5) is 11.5. The summed E-state index contributed by atoms with van der Waals surface area (Å²) in [6, 6.07) is 0. The number of rotatable bonds is 0. The third-order valence-electron chi connectivity index (χ3n) is 4.20. The minimum absolute atomic E-state index is 0.213. The lowest BCUT2D eigenvalue weighted by Crippen LogP contribution is -2.23. The van der Waals surface area contributed by atoms with Gasteiger partial charge in [0.05, 0.1) is 0 Å². The van der Waals surface area contributed by atoms with E-state index in [9.17, 15) is 4.79 Å². The molecule has 52 valence electrons. The Hall–Kier alpha value is -0.330. The van der Waals surface area contributed by atoms with Crippen molar-refractivity contribution in [2.24, 2.45) is 35.5 Å². The SMILES string of the molecule is [2H][C@]12[C@@H]3[C@H]4C[C@H](C[C@H]41)C(=O)[C@@H]32. The first kappa shape index (κ1) is 3.89. The van der Waals surface area contributed by atoms with Crippen LogP contribution < -0.4 is 0 Å². The summed E-state index contributed by atoms with van der Waals surface area (Å²) < 4.78 is 8.02. The van der Waals surface area contributed by atoms with E-state index >= 15 is 0 Å². The van der Waals surface area contributed by atoms with Crippen LogP contribution in [-0.4, -0.2) is 5.78 Å². The lowest BCUT2D eigenvalue weighted by atomic mass is 9.77. The molecule has 0 aromatic carbocycles. The summed E-state index contributed by atoms with van der Waals surface area (Å²) in [6.45, 7) is 0. The third-order valence-corrected chi connectivity index (χ3v) is 4.20. The highest BCUT2D eigenvalue weighted by Crippen LogP contribution is 2.78. The summed E-state index contributed by atoms with van der Waals surface area (Å²) in [5.74, 6) is 2.82. The largest absolute Gasteiger partial charge is 0.299 e. The van der Waals surface area contributed by atoms with Gasteiger partial charge in [-0.25, -0.2) is 0 Å². The van der Waals surface area contributed by atoms with Crippen molar-refractivity contribution in [2.75, 3.05) is 0 Å². The lowest BCUT2D eigenvalue weighted by molar-refractivity contribution is -0.125. The van der Waals surface area contributed by atoms with Crippen LogP contribution in [0.4, 0.5) is 0 Å². The molecule has 0 amide bonds. The van der Waals surface area contributed by atoms with Crippen LogP contribution in [0.5, 0.6) is 0 Å². The Kier molecular flexibility index (Phi) is 0.386. The van der Waals surface area contributed by atoms with Crippen LogP contribution in [0.25, 0.3) is 0 Å². The highest BCUT2D eigenvalue weighted by Gasteiger charge is 2.78. The molecule has 5 rings (SSSR count). The van der Waals surface area contributed by atoms with Gasteiger partial charge in [-0.15, -0.1) is 0 Å². The predicted octanol–water partition coefficient (Wildman–Crippen LogP) is 1.09. The van der Waals surface area contributed by atoms with Crippen molar-refractivity contribution in [1.29, 1.82) is 0 Å². The van der Waals surface area contributed by atoms with Crippen molar-refractivity contribution in [1.82, 2.24) is 0 Å². The van der Waals surface area contributed by atoms with Crippen LogP contribution in [0.2, 0.25) is 0 Å². The fraction of sp³-hybridized carbons (Fsp3) is 0.889. The average molecular weight is 135 g/mol. The molecule has 0 saturated heterocycles. The highest BCUT2D eigenvalue weighted by molar-refractivity contribution is 5.90. The molecule has 1 heteroatoms. The number of hydrogen-bond donors (Lipinski definition) is 0. The van der Waals surface area contributed by atoms with Crippen LogP contribution in [-0.2, 0) is 4.79 Å². The summed E-state index contributed by atoms with van der Waals surface area (Å²) in [6.07, 6.45) is 2.21. The quantitative estimate of drug-likeness (QED) is 0.486. The molecule has 0 N–H and O–H groups in total. The van der Waals surface area contributed by atoms with Gasteiger partial charge in [0.25, 0.3) is 0 Å². The van der Waals surface area contributed by atoms with Gasteiger partial charge in [-0.3, -0.25) is 4.79 Å². The zero-order chi connectivity index (χ0) is 7.38. The van der Waals surface area contributed by atoms with Gasteiger partial charge >= 0.3 is 0 Å². The van der Waals surface area contributed by atoms with Gasteiger partial charge < -0.3 is 0 Å². The molecule has 1 nitrogen and oxygen atoms in total. The van der Waals surface area contributed by atoms with Gasteiger partial charge in [0.15, 0.2) is 0 Å². The van der Waals surface area contributed by atoms with Crippen molar-refractivity contribution in [3.8, 4) is 0 Å². The second kappa shape index (κ2) is 0.992. The molecule has 10 heavy (non-hydrogen) atoms. The zero-order valence-corrected chi connectivity index (χ0v) is 5.71. The Morgan fingerprint density at radius 1 is 1.40 bits per heavy atom. The second-order valence-corrected chi connectivity index (χ2v) is 4.34. The minimum Gasteiger partial charge on any atom is -0.299 e. The first-order valence-corrected chi connectivity index (χ1v) is 4.28. The van der Waals surface area contributed by atoms with Gasteiger partial charge in [0.2, 0.25) is 0 Å². The zero-order valence-electron chi connectivity index (χ0n) is 6.71. The maximum absolute atomic E-state index is 11.5. The van der Waals surface area contributed by atoms with Crippen molar-refractivity contribution >= 4 is 5.78 Å². The molecule has 0 aromatic rings. The molecule has 4 bridgehead atoms. The summed E-state index contributed by atoms with van der Waals surface area (Å²) in [5.41, 5.74) is 0. The van der Waals surface area contributed by atoms with Crippen LogP contribution in [0.1, 0.15) is 14.2 Å². The topological polar surface area (TPSA) is 17.1 Å². The average Bonchev–Trinajstić information content (AvgIpc) is 2.47. The standard InChI is InChI=1S/C9H10O/c10-9-3-1-4-5(2-3)7-6(4)8(7)9/h3-8H,1-2H2/t3-,4+,5-,6+,7-,8+/i6D/m0/s1. The summed E-state index contributed by atoms with van der Waals surface area (Å²) >= 11 is 0. The number of carbonyl (C=O) groups is 1. The van der Waals surface area contributed by atoms with Gasteiger partial charge in [-0.1, -0.05) is 0 Å². The van der Waals surface area contributed by atoms with E-state index in [1.165, 1.54) is 0 Å². The second-order valence-electron chi connectivity index (χ2n) is 4.34. The monoisotopic (exact) mass is 135 g/mol. The van der Waals surface area contributed by atoms with Crippen LogP contribution >= 0.6 is 0 Å². The van der Waals surface area contributed by atoms with Crippen molar-refractivity contribution in [3.63, 3.8) is 0 Å². The van der Waals surface area contributed by atoms with Crippen LogP contribution in [0.3, 0.4) is 0 Å². The smallest absolute Gasteiger partial charge is 0.139 e. The highest BCUT2D eigenvalue weighted by atomic mass is 16.1. The Morgan fingerprint density at radius 3 is 3.00 bits per heavy atom. The molecule has 0 heterocycles. The molecule has 0 radical (unpaired) electrons. The summed E-state index contributed by atoms with van der Waals surface area (Å²) in [5, 5.41) is 0. The first-order chi connectivity index (χ1) is 5.24. The van der Waals surface area contributed by atoms with E-state index in [-0.39, 0.29) is 11.8 Å². The van der Waals surface area contributed by atoms with Crippen LogP contribution in [0.15, 0.2) is 0 Å². The van der Waals surface area contributed by atoms with E-state index in [1.54, 1.807) is 0 Å². The van der Waals surface area contributed by atoms with Gasteiger partial charge in [-0.2, -0.15) is 0 Å². The number of hydrogen-bond acceptors (Lipinski definition) is 1. The van der Waals surface area contributed by atoms with E-state index in [4.69, 9.17) is 1.37 Å². The first-order valence-electron chi connectivity index (χ1n) is 4.78. The normalized spacial score (nSPS) is 82.2. The molecule has 0 spiro atoms. The molecule has 0 aromatic heterocycles. The maximum Gasteiger partial charge on any atom is 0.139 e. The predicted molar refractivity (Wildman–Crippen MR) is 35.2 cm³/mol. The number of carbonyl (C=O) groups excluding carboxylic acids is 1. The number of Topliss-reactive ketones (excluding diaryl/α,β-unsaturated/α-hetero) is 1. The van der Waals surface area contributed by atoms with Crippen molar-refractivity contribution < 1.29 is 6.17 Å². The van der Waals surface area contributed by atoms with Crippen molar-refractivity contribution in [2.45, 2.75) is 12.8 Å². The molecule has 5 fully saturated rings. The number of ketones is 1. The van der Waals surface area contributed by atoms with Crippen molar-refractivity contribution in [3.05, 3.63) is 0 Å². The van der Waals surface area contributed by atoms with Gasteiger partial charge in [0.1, 0.15) is 5.78 Å². The van der Waals surface area contributed by atoms with Gasteiger partial charge in [-0.05, 0) is 36.5 Å². The van der Waals surface area contributed by atoms with E-state index in [2.05, 4.69) is 0 Å². The van der Waals surface area contributed by atoms with E-state index in [0.717, 1.165) is 18.8 Å². The Labute approximate surface area is 61.2 Å².